The Morgan fingerprint density at radius 1 is 0.879 bits per heavy atom. The second-order valence-corrected chi connectivity index (χ2v) is 11.7. The van der Waals surface area contributed by atoms with Crippen LogP contribution in [0, 0.1) is 25.7 Å². The molecular weight excluding hydrogens is 434 g/mol. The minimum Gasteiger partial charge on any atom is -0.368 e. The van der Waals surface area contributed by atoms with Crippen LogP contribution in [-0.4, -0.2) is 62.8 Å². The van der Waals surface area contributed by atoms with Gasteiger partial charge in [0.1, 0.15) is 0 Å². The van der Waals surface area contributed by atoms with E-state index in [4.69, 9.17) is 0 Å². The van der Waals surface area contributed by atoms with E-state index in [2.05, 4.69) is 50.8 Å². The van der Waals surface area contributed by atoms with Gasteiger partial charge in [-0.05, 0) is 73.6 Å². The number of anilines is 1. The van der Waals surface area contributed by atoms with Crippen LogP contribution in [0.2, 0.25) is 0 Å². The van der Waals surface area contributed by atoms with E-state index >= 15 is 0 Å². The van der Waals surface area contributed by atoms with Crippen molar-refractivity contribution in [2.75, 3.05) is 44.2 Å². The normalized spacial score (nSPS) is 22.4. The Morgan fingerprint density at radius 3 is 2.09 bits per heavy atom. The predicted molar refractivity (Wildman–Crippen MR) is 132 cm³/mol. The van der Waals surface area contributed by atoms with Gasteiger partial charge in [-0.15, -0.1) is 0 Å². The summed E-state index contributed by atoms with van der Waals surface area (Å²) < 4.78 is 27.8. The highest BCUT2D eigenvalue weighted by molar-refractivity contribution is 7.89. The van der Waals surface area contributed by atoms with E-state index in [1.165, 1.54) is 16.8 Å². The molecule has 0 aliphatic carbocycles. The number of hydrogen-bond acceptors (Lipinski definition) is 4. The Kier molecular flexibility index (Phi) is 6.82. The fourth-order valence-corrected chi connectivity index (χ4v) is 6.81. The summed E-state index contributed by atoms with van der Waals surface area (Å²) in [5.41, 5.74) is 4.33. The van der Waals surface area contributed by atoms with Crippen molar-refractivity contribution in [2.45, 2.75) is 39.0 Å². The zero-order chi connectivity index (χ0) is 23.8. The molecule has 0 unspecified atom stereocenters. The molecule has 4 rings (SSSR count). The minimum absolute atomic E-state index is 0.0419. The molecule has 1 amide bonds. The molecule has 2 atom stereocenters. The highest BCUT2D eigenvalue weighted by atomic mass is 32.2. The third kappa shape index (κ3) is 4.94. The van der Waals surface area contributed by atoms with Crippen LogP contribution in [0.1, 0.15) is 41.8 Å². The Labute approximate surface area is 198 Å². The molecule has 33 heavy (non-hydrogen) atoms. The SMILES string of the molecule is Cc1cccc(N2CCN(C(=O)c3ccc(S(=O)(=O)N4C[C@H](C)C[C@@H](C)C4)cc3)CC2)c1C. The van der Waals surface area contributed by atoms with Crippen LogP contribution in [0.4, 0.5) is 5.69 Å². The van der Waals surface area contributed by atoms with Crippen LogP contribution in [0.3, 0.4) is 0 Å². The van der Waals surface area contributed by atoms with Gasteiger partial charge in [-0.25, -0.2) is 8.42 Å². The molecule has 2 aliphatic rings. The van der Waals surface area contributed by atoms with E-state index in [1.54, 1.807) is 28.6 Å². The lowest BCUT2D eigenvalue weighted by Crippen LogP contribution is -2.49. The van der Waals surface area contributed by atoms with Gasteiger partial charge in [0.25, 0.3) is 5.91 Å². The first kappa shape index (κ1) is 23.8. The average molecular weight is 470 g/mol. The van der Waals surface area contributed by atoms with Gasteiger partial charge in [-0.3, -0.25) is 4.79 Å². The van der Waals surface area contributed by atoms with E-state index in [-0.39, 0.29) is 10.8 Å². The summed E-state index contributed by atoms with van der Waals surface area (Å²) in [6, 6.07) is 12.8. The number of benzene rings is 2. The van der Waals surface area contributed by atoms with E-state index in [1.807, 2.05) is 4.90 Å². The summed E-state index contributed by atoms with van der Waals surface area (Å²) in [7, 11) is -3.54. The number of hydrogen-bond donors (Lipinski definition) is 0. The first-order valence-electron chi connectivity index (χ1n) is 11.9. The highest BCUT2D eigenvalue weighted by Gasteiger charge is 2.32. The van der Waals surface area contributed by atoms with Crippen molar-refractivity contribution < 1.29 is 13.2 Å². The van der Waals surface area contributed by atoms with Gasteiger partial charge >= 0.3 is 0 Å². The van der Waals surface area contributed by atoms with Crippen molar-refractivity contribution in [1.29, 1.82) is 0 Å². The van der Waals surface area contributed by atoms with Crippen LogP contribution >= 0.6 is 0 Å². The minimum atomic E-state index is -3.54. The summed E-state index contributed by atoms with van der Waals surface area (Å²) in [6.45, 7) is 12.4. The number of amides is 1. The van der Waals surface area contributed by atoms with Gasteiger partial charge in [0.05, 0.1) is 4.90 Å². The molecule has 7 heteroatoms. The van der Waals surface area contributed by atoms with E-state index in [0.717, 1.165) is 19.5 Å². The molecule has 0 aromatic heterocycles. The highest BCUT2D eigenvalue weighted by Crippen LogP contribution is 2.27. The van der Waals surface area contributed by atoms with Gasteiger partial charge in [0.2, 0.25) is 10.0 Å². The smallest absolute Gasteiger partial charge is 0.253 e. The lowest BCUT2D eigenvalue weighted by molar-refractivity contribution is 0.0746. The fourth-order valence-electron chi connectivity index (χ4n) is 5.13. The molecule has 2 aromatic carbocycles. The molecule has 0 bridgehead atoms. The molecule has 0 radical (unpaired) electrons. The second-order valence-electron chi connectivity index (χ2n) is 9.79. The zero-order valence-corrected chi connectivity index (χ0v) is 20.9. The maximum atomic E-state index is 13.1. The van der Waals surface area contributed by atoms with Crippen molar-refractivity contribution in [3.05, 3.63) is 59.2 Å². The van der Waals surface area contributed by atoms with Crippen LogP contribution in [-0.2, 0) is 10.0 Å². The van der Waals surface area contributed by atoms with Crippen LogP contribution in [0.25, 0.3) is 0 Å². The lowest BCUT2D eigenvalue weighted by atomic mass is 9.94. The number of aryl methyl sites for hydroxylation is 1. The third-order valence-electron chi connectivity index (χ3n) is 7.06. The van der Waals surface area contributed by atoms with Crippen molar-refractivity contribution in [2.24, 2.45) is 11.8 Å². The van der Waals surface area contributed by atoms with Crippen molar-refractivity contribution in [1.82, 2.24) is 9.21 Å². The number of piperidine rings is 1. The summed E-state index contributed by atoms with van der Waals surface area (Å²) in [5.74, 6) is 0.665. The van der Waals surface area contributed by atoms with Crippen LogP contribution in [0.5, 0.6) is 0 Å². The molecule has 2 aromatic rings. The topological polar surface area (TPSA) is 60.9 Å². The van der Waals surface area contributed by atoms with Crippen molar-refractivity contribution in [3.8, 4) is 0 Å². The number of rotatable bonds is 4. The Balaban J connectivity index is 1.41. The lowest BCUT2D eigenvalue weighted by Gasteiger charge is -2.37. The van der Waals surface area contributed by atoms with Gasteiger partial charge in [-0.2, -0.15) is 4.31 Å². The maximum absolute atomic E-state index is 13.1. The van der Waals surface area contributed by atoms with Crippen molar-refractivity contribution >= 4 is 21.6 Å². The molecular formula is C26H35N3O3S. The number of carbonyl (C=O) groups excluding carboxylic acids is 1. The van der Waals surface area contributed by atoms with Crippen LogP contribution < -0.4 is 4.90 Å². The first-order valence-corrected chi connectivity index (χ1v) is 13.3. The summed E-state index contributed by atoms with van der Waals surface area (Å²) in [6.07, 6.45) is 1.05. The van der Waals surface area contributed by atoms with E-state index < -0.39 is 10.0 Å². The summed E-state index contributed by atoms with van der Waals surface area (Å²) in [4.78, 5) is 17.5. The number of nitrogens with zero attached hydrogens (tertiary/aromatic N) is 3. The van der Waals surface area contributed by atoms with Gasteiger partial charge in [0.15, 0.2) is 0 Å². The number of carbonyl (C=O) groups is 1. The molecule has 178 valence electrons. The van der Waals surface area contributed by atoms with Gasteiger partial charge < -0.3 is 9.80 Å². The quantitative estimate of drug-likeness (QED) is 0.681. The van der Waals surface area contributed by atoms with Crippen molar-refractivity contribution in [3.63, 3.8) is 0 Å². The molecule has 2 heterocycles. The summed E-state index contributed by atoms with van der Waals surface area (Å²) in [5, 5.41) is 0. The standard InChI is InChI=1S/C26H35N3O3S/c1-19-16-20(2)18-29(17-19)33(31,32)24-10-8-23(9-11-24)26(30)28-14-12-27(13-15-28)25-7-5-6-21(3)22(25)4/h5-11,19-20H,12-18H2,1-4H3/t19-,20-/m1/s1. The Bertz CT molecular complexity index is 1100. The largest absolute Gasteiger partial charge is 0.368 e. The first-order chi connectivity index (χ1) is 15.7. The van der Waals surface area contributed by atoms with Crippen LogP contribution in [0.15, 0.2) is 47.4 Å². The molecule has 2 saturated heterocycles. The number of piperazine rings is 1. The molecule has 0 spiro atoms. The molecule has 0 N–H and O–H groups in total. The third-order valence-corrected chi connectivity index (χ3v) is 8.90. The van der Waals surface area contributed by atoms with Gasteiger partial charge in [-0.1, -0.05) is 26.0 Å². The van der Waals surface area contributed by atoms with E-state index in [0.29, 0.717) is 43.6 Å². The zero-order valence-electron chi connectivity index (χ0n) is 20.1. The Morgan fingerprint density at radius 2 is 1.48 bits per heavy atom. The molecule has 6 nitrogen and oxygen atoms in total. The average Bonchev–Trinajstić information content (AvgIpc) is 2.80. The second kappa shape index (κ2) is 9.47. The monoisotopic (exact) mass is 469 g/mol. The molecule has 0 saturated carbocycles. The van der Waals surface area contributed by atoms with Gasteiger partial charge in [0, 0.05) is 50.5 Å². The van der Waals surface area contributed by atoms with E-state index in [9.17, 15) is 13.2 Å². The number of sulfonamides is 1. The predicted octanol–water partition coefficient (Wildman–Crippen LogP) is 3.93. The molecule has 2 aliphatic heterocycles. The Hall–Kier alpha value is -2.38. The fraction of sp³-hybridized carbons (Fsp3) is 0.500. The summed E-state index contributed by atoms with van der Waals surface area (Å²) >= 11 is 0. The molecule has 2 fully saturated rings. The maximum Gasteiger partial charge on any atom is 0.253 e.